The fourth-order valence-corrected chi connectivity index (χ4v) is 1.98. The predicted octanol–water partition coefficient (Wildman–Crippen LogP) is 2.67. The SMILES string of the molecule is CC(C)(F)c1ccc(NC2CCNC2)cc1. The van der Waals surface area contributed by atoms with E-state index in [-0.39, 0.29) is 0 Å². The minimum atomic E-state index is -1.26. The first-order valence-electron chi connectivity index (χ1n) is 5.82. The Hall–Kier alpha value is -1.09. The Labute approximate surface area is 96.2 Å². The average molecular weight is 222 g/mol. The van der Waals surface area contributed by atoms with E-state index in [0.717, 1.165) is 30.8 Å². The monoisotopic (exact) mass is 222 g/mol. The summed E-state index contributed by atoms with van der Waals surface area (Å²) >= 11 is 0. The Balaban J connectivity index is 2.01. The van der Waals surface area contributed by atoms with E-state index in [1.54, 1.807) is 13.8 Å². The van der Waals surface area contributed by atoms with Crippen LogP contribution in [0.5, 0.6) is 0 Å². The van der Waals surface area contributed by atoms with Gasteiger partial charge in [-0.3, -0.25) is 0 Å². The molecule has 0 aliphatic carbocycles. The number of halogens is 1. The molecule has 0 bridgehead atoms. The van der Waals surface area contributed by atoms with Gasteiger partial charge >= 0.3 is 0 Å². The van der Waals surface area contributed by atoms with Crippen molar-refractivity contribution >= 4 is 5.69 Å². The molecule has 0 saturated carbocycles. The van der Waals surface area contributed by atoms with E-state index in [1.807, 2.05) is 24.3 Å². The highest BCUT2D eigenvalue weighted by molar-refractivity contribution is 5.46. The second kappa shape index (κ2) is 4.42. The first kappa shape index (κ1) is 11.4. The molecule has 2 N–H and O–H groups in total. The zero-order valence-corrected chi connectivity index (χ0v) is 9.89. The summed E-state index contributed by atoms with van der Waals surface area (Å²) in [6, 6.07) is 8.11. The van der Waals surface area contributed by atoms with Crippen molar-refractivity contribution < 1.29 is 4.39 Å². The molecular formula is C13H19FN2. The third-order valence-electron chi connectivity index (χ3n) is 3.00. The molecule has 1 saturated heterocycles. The fraction of sp³-hybridized carbons (Fsp3) is 0.538. The molecule has 3 heteroatoms. The van der Waals surface area contributed by atoms with Crippen molar-refractivity contribution in [2.45, 2.75) is 32.0 Å². The van der Waals surface area contributed by atoms with Crippen molar-refractivity contribution in [2.24, 2.45) is 0 Å². The molecule has 1 atom stereocenters. The first-order chi connectivity index (χ1) is 7.55. The minimum Gasteiger partial charge on any atom is -0.381 e. The van der Waals surface area contributed by atoms with Gasteiger partial charge in [-0.25, -0.2) is 4.39 Å². The molecule has 1 unspecified atom stereocenters. The quantitative estimate of drug-likeness (QED) is 0.821. The maximum absolute atomic E-state index is 13.6. The molecule has 1 heterocycles. The topological polar surface area (TPSA) is 24.1 Å². The Morgan fingerprint density at radius 1 is 1.31 bits per heavy atom. The summed E-state index contributed by atoms with van der Waals surface area (Å²) < 4.78 is 13.6. The Morgan fingerprint density at radius 3 is 2.50 bits per heavy atom. The van der Waals surface area contributed by atoms with Gasteiger partial charge in [-0.05, 0) is 44.5 Å². The molecule has 16 heavy (non-hydrogen) atoms. The van der Waals surface area contributed by atoms with Crippen LogP contribution in [0.2, 0.25) is 0 Å². The molecule has 2 nitrogen and oxygen atoms in total. The van der Waals surface area contributed by atoms with Gasteiger partial charge in [0.05, 0.1) is 0 Å². The molecule has 0 aromatic heterocycles. The van der Waals surface area contributed by atoms with Gasteiger partial charge in [0.25, 0.3) is 0 Å². The van der Waals surface area contributed by atoms with Gasteiger partial charge in [-0.1, -0.05) is 12.1 Å². The zero-order valence-electron chi connectivity index (χ0n) is 9.89. The average Bonchev–Trinajstić information content (AvgIpc) is 2.70. The second-order valence-corrected chi connectivity index (χ2v) is 4.88. The number of anilines is 1. The Kier molecular flexibility index (Phi) is 3.15. The van der Waals surface area contributed by atoms with Gasteiger partial charge < -0.3 is 10.6 Å². The van der Waals surface area contributed by atoms with Crippen molar-refractivity contribution in [1.82, 2.24) is 5.32 Å². The summed E-state index contributed by atoms with van der Waals surface area (Å²) in [6.45, 7) is 5.25. The van der Waals surface area contributed by atoms with Crippen molar-refractivity contribution in [2.75, 3.05) is 18.4 Å². The molecule has 1 fully saturated rings. The lowest BCUT2D eigenvalue weighted by molar-refractivity contribution is 0.221. The van der Waals surface area contributed by atoms with Crippen LogP contribution in [0.25, 0.3) is 0 Å². The van der Waals surface area contributed by atoms with E-state index in [4.69, 9.17) is 0 Å². The first-order valence-corrected chi connectivity index (χ1v) is 5.82. The van der Waals surface area contributed by atoms with E-state index in [1.165, 1.54) is 0 Å². The second-order valence-electron chi connectivity index (χ2n) is 4.88. The summed E-state index contributed by atoms with van der Waals surface area (Å²) in [5, 5.41) is 6.74. The highest BCUT2D eigenvalue weighted by atomic mass is 19.1. The van der Waals surface area contributed by atoms with Crippen LogP contribution in [0.1, 0.15) is 25.8 Å². The maximum atomic E-state index is 13.6. The number of hydrogen-bond acceptors (Lipinski definition) is 2. The van der Waals surface area contributed by atoms with E-state index in [0.29, 0.717) is 6.04 Å². The molecule has 0 amide bonds. The zero-order chi connectivity index (χ0) is 11.6. The molecule has 1 aliphatic heterocycles. The number of rotatable bonds is 3. The molecule has 1 aromatic carbocycles. The predicted molar refractivity (Wildman–Crippen MR) is 65.5 cm³/mol. The lowest BCUT2D eigenvalue weighted by Gasteiger charge is -2.17. The van der Waals surface area contributed by atoms with Crippen LogP contribution in [0, 0.1) is 0 Å². The third kappa shape index (κ3) is 2.73. The van der Waals surface area contributed by atoms with Crippen molar-refractivity contribution in [3.05, 3.63) is 29.8 Å². The van der Waals surface area contributed by atoms with E-state index in [2.05, 4.69) is 10.6 Å². The van der Waals surface area contributed by atoms with Crippen LogP contribution in [0.15, 0.2) is 24.3 Å². The molecule has 0 radical (unpaired) electrons. The van der Waals surface area contributed by atoms with Crippen LogP contribution in [0.3, 0.4) is 0 Å². The van der Waals surface area contributed by atoms with Gasteiger partial charge in [-0.15, -0.1) is 0 Å². The summed E-state index contributed by atoms with van der Waals surface area (Å²) in [7, 11) is 0. The van der Waals surface area contributed by atoms with Crippen molar-refractivity contribution in [1.29, 1.82) is 0 Å². The summed E-state index contributed by atoms with van der Waals surface area (Å²) in [5.41, 5.74) is 0.539. The Bertz CT molecular complexity index is 334. The van der Waals surface area contributed by atoms with E-state index in [9.17, 15) is 4.39 Å². The number of hydrogen-bond donors (Lipinski definition) is 2. The van der Waals surface area contributed by atoms with Crippen LogP contribution >= 0.6 is 0 Å². The van der Waals surface area contributed by atoms with E-state index < -0.39 is 5.67 Å². The maximum Gasteiger partial charge on any atom is 0.130 e. The number of alkyl halides is 1. The molecule has 1 aliphatic rings. The highest BCUT2D eigenvalue weighted by Gasteiger charge is 2.18. The fourth-order valence-electron chi connectivity index (χ4n) is 1.98. The normalized spacial score (nSPS) is 21.1. The molecule has 2 rings (SSSR count). The van der Waals surface area contributed by atoms with Gasteiger partial charge in [0.1, 0.15) is 5.67 Å². The van der Waals surface area contributed by atoms with Crippen molar-refractivity contribution in [3.63, 3.8) is 0 Å². The van der Waals surface area contributed by atoms with Gasteiger partial charge in [0.15, 0.2) is 0 Å². The number of benzene rings is 1. The summed E-state index contributed by atoms with van der Waals surface area (Å²) in [4.78, 5) is 0. The molecule has 1 aromatic rings. The summed E-state index contributed by atoms with van der Waals surface area (Å²) in [5.74, 6) is 0. The van der Waals surface area contributed by atoms with E-state index >= 15 is 0 Å². The lowest BCUT2D eigenvalue weighted by Crippen LogP contribution is -2.22. The van der Waals surface area contributed by atoms with Gasteiger partial charge in [0.2, 0.25) is 0 Å². The third-order valence-corrected chi connectivity index (χ3v) is 3.00. The molecule has 0 spiro atoms. The summed E-state index contributed by atoms with van der Waals surface area (Å²) in [6.07, 6.45) is 1.15. The highest BCUT2D eigenvalue weighted by Crippen LogP contribution is 2.25. The van der Waals surface area contributed by atoms with Gasteiger partial charge in [-0.2, -0.15) is 0 Å². The number of nitrogens with one attached hydrogen (secondary N) is 2. The Morgan fingerprint density at radius 2 is 2.00 bits per heavy atom. The molecular weight excluding hydrogens is 203 g/mol. The van der Waals surface area contributed by atoms with Gasteiger partial charge in [0, 0.05) is 18.3 Å². The lowest BCUT2D eigenvalue weighted by atomic mass is 10.00. The van der Waals surface area contributed by atoms with Crippen LogP contribution in [0.4, 0.5) is 10.1 Å². The van der Waals surface area contributed by atoms with Crippen LogP contribution in [-0.2, 0) is 5.67 Å². The van der Waals surface area contributed by atoms with Crippen LogP contribution in [-0.4, -0.2) is 19.1 Å². The smallest absolute Gasteiger partial charge is 0.130 e. The molecule has 88 valence electrons. The minimum absolute atomic E-state index is 0.504. The van der Waals surface area contributed by atoms with Crippen LogP contribution < -0.4 is 10.6 Å². The largest absolute Gasteiger partial charge is 0.381 e. The standard InChI is InChI=1S/C13H19FN2/c1-13(2,14)10-3-5-11(6-4-10)16-12-7-8-15-9-12/h3-6,12,15-16H,7-9H2,1-2H3. The van der Waals surface area contributed by atoms with Crippen molar-refractivity contribution in [3.8, 4) is 0 Å².